The van der Waals surface area contributed by atoms with Gasteiger partial charge in [0.2, 0.25) is 0 Å². The van der Waals surface area contributed by atoms with Gasteiger partial charge in [0.1, 0.15) is 0 Å². The highest BCUT2D eigenvalue weighted by Gasteiger charge is 2.32. The zero-order valence-electron chi connectivity index (χ0n) is 12.8. The number of para-hydroxylation sites is 1. The van der Waals surface area contributed by atoms with E-state index in [1.807, 2.05) is 48.5 Å². The normalized spacial score (nSPS) is 18.1. The van der Waals surface area contributed by atoms with Crippen molar-refractivity contribution >= 4 is 34.6 Å². The minimum atomic E-state index is 0.00961. The number of aliphatic imine (C=N–C) groups is 1. The van der Waals surface area contributed by atoms with Gasteiger partial charge in [-0.2, -0.15) is 0 Å². The Morgan fingerprint density at radius 2 is 2.04 bits per heavy atom. The topological polar surface area (TPSA) is 45.6 Å². The van der Waals surface area contributed by atoms with E-state index in [2.05, 4.69) is 16.9 Å². The molecule has 116 valence electrons. The smallest absolute Gasteiger partial charge is 0.266 e. The molecule has 0 N–H and O–H groups in total. The van der Waals surface area contributed by atoms with E-state index in [0.29, 0.717) is 11.4 Å². The SMILES string of the molecule is CCCN1C(=O)C(=Cc2cccnc2)SC1=Nc1ccccc1. The summed E-state index contributed by atoms with van der Waals surface area (Å²) in [6.45, 7) is 2.72. The largest absolute Gasteiger partial charge is 0.286 e. The maximum atomic E-state index is 12.6. The molecule has 0 unspecified atom stereocenters. The second kappa shape index (κ2) is 7.24. The van der Waals surface area contributed by atoms with Crippen molar-refractivity contribution < 1.29 is 4.79 Å². The highest BCUT2D eigenvalue weighted by Crippen LogP contribution is 2.34. The summed E-state index contributed by atoms with van der Waals surface area (Å²) in [6, 6.07) is 13.5. The molecule has 4 nitrogen and oxygen atoms in total. The summed E-state index contributed by atoms with van der Waals surface area (Å²) < 4.78 is 0. The Morgan fingerprint density at radius 1 is 1.22 bits per heavy atom. The molecule has 1 fully saturated rings. The maximum Gasteiger partial charge on any atom is 0.266 e. The van der Waals surface area contributed by atoms with Crippen LogP contribution in [-0.2, 0) is 4.79 Å². The Bertz CT molecular complexity index is 741. The number of carbonyl (C=O) groups excluding carboxylic acids is 1. The summed E-state index contributed by atoms with van der Waals surface area (Å²) in [7, 11) is 0. The fraction of sp³-hybridized carbons (Fsp3) is 0.167. The van der Waals surface area contributed by atoms with E-state index < -0.39 is 0 Å². The van der Waals surface area contributed by atoms with E-state index in [9.17, 15) is 4.79 Å². The fourth-order valence-corrected chi connectivity index (χ4v) is 3.26. The molecule has 0 aliphatic carbocycles. The molecular weight excluding hydrogens is 306 g/mol. The predicted octanol–water partition coefficient (Wildman–Crippen LogP) is 4.10. The van der Waals surface area contributed by atoms with Crippen LogP contribution < -0.4 is 0 Å². The van der Waals surface area contributed by atoms with Crippen molar-refractivity contribution in [3.05, 3.63) is 65.3 Å². The lowest BCUT2D eigenvalue weighted by Gasteiger charge is -2.13. The minimum absolute atomic E-state index is 0.00961. The number of rotatable bonds is 4. The highest BCUT2D eigenvalue weighted by atomic mass is 32.2. The van der Waals surface area contributed by atoms with Gasteiger partial charge in [-0.3, -0.25) is 14.7 Å². The molecule has 1 amide bonds. The van der Waals surface area contributed by atoms with Crippen molar-refractivity contribution in [3.8, 4) is 0 Å². The Hall–Kier alpha value is -2.40. The van der Waals surface area contributed by atoms with Gasteiger partial charge in [-0.1, -0.05) is 31.2 Å². The zero-order valence-corrected chi connectivity index (χ0v) is 13.7. The molecule has 1 saturated heterocycles. The molecule has 1 aliphatic heterocycles. The van der Waals surface area contributed by atoms with E-state index in [-0.39, 0.29) is 5.91 Å². The average molecular weight is 323 g/mol. The van der Waals surface area contributed by atoms with Crippen LogP contribution in [0.5, 0.6) is 0 Å². The molecule has 0 bridgehead atoms. The van der Waals surface area contributed by atoms with E-state index >= 15 is 0 Å². The number of thioether (sulfide) groups is 1. The number of carbonyl (C=O) groups is 1. The van der Waals surface area contributed by atoms with Crippen LogP contribution in [0.3, 0.4) is 0 Å². The standard InChI is InChI=1S/C18H17N3OS/c1-2-11-21-17(22)16(12-14-7-6-10-19-13-14)23-18(21)20-15-8-4-3-5-9-15/h3-10,12-13H,2,11H2,1H3. The van der Waals surface area contributed by atoms with Gasteiger partial charge in [-0.15, -0.1) is 0 Å². The first kappa shape index (κ1) is 15.5. The number of hydrogen-bond donors (Lipinski definition) is 0. The van der Waals surface area contributed by atoms with Gasteiger partial charge in [0.15, 0.2) is 5.17 Å². The monoisotopic (exact) mass is 323 g/mol. The van der Waals surface area contributed by atoms with Crippen LogP contribution in [0.15, 0.2) is 64.8 Å². The molecule has 2 aromatic rings. The molecule has 5 heteroatoms. The lowest BCUT2D eigenvalue weighted by atomic mass is 10.2. The quantitative estimate of drug-likeness (QED) is 0.796. The Labute approximate surface area is 140 Å². The molecule has 3 rings (SSSR count). The molecule has 0 saturated carbocycles. The lowest BCUT2D eigenvalue weighted by Crippen LogP contribution is -2.29. The van der Waals surface area contributed by atoms with Gasteiger partial charge in [-0.05, 0) is 48.0 Å². The van der Waals surface area contributed by atoms with Crippen molar-refractivity contribution in [2.24, 2.45) is 4.99 Å². The van der Waals surface area contributed by atoms with Crippen LogP contribution in [0.4, 0.5) is 5.69 Å². The number of amides is 1. The van der Waals surface area contributed by atoms with Gasteiger partial charge in [-0.25, -0.2) is 4.99 Å². The minimum Gasteiger partial charge on any atom is -0.286 e. The van der Waals surface area contributed by atoms with E-state index in [1.54, 1.807) is 17.3 Å². The first-order chi connectivity index (χ1) is 11.3. The van der Waals surface area contributed by atoms with Crippen molar-refractivity contribution in [2.75, 3.05) is 6.54 Å². The number of benzene rings is 1. The van der Waals surface area contributed by atoms with Gasteiger partial charge in [0, 0.05) is 18.9 Å². The molecule has 1 aromatic heterocycles. The number of hydrogen-bond acceptors (Lipinski definition) is 4. The van der Waals surface area contributed by atoms with Crippen LogP contribution in [0.2, 0.25) is 0 Å². The second-order valence-corrected chi connectivity index (χ2v) is 6.09. The van der Waals surface area contributed by atoms with Crippen molar-refractivity contribution in [1.82, 2.24) is 9.88 Å². The van der Waals surface area contributed by atoms with Crippen molar-refractivity contribution in [3.63, 3.8) is 0 Å². The van der Waals surface area contributed by atoms with Crippen LogP contribution in [0, 0.1) is 0 Å². The van der Waals surface area contributed by atoms with Crippen LogP contribution in [0.1, 0.15) is 18.9 Å². The fourth-order valence-electron chi connectivity index (χ4n) is 2.24. The molecule has 1 aliphatic rings. The molecule has 0 atom stereocenters. The van der Waals surface area contributed by atoms with E-state index in [1.165, 1.54) is 11.8 Å². The Kier molecular flexibility index (Phi) is 4.88. The maximum absolute atomic E-state index is 12.6. The number of amidine groups is 1. The summed E-state index contributed by atoms with van der Waals surface area (Å²) in [6.07, 6.45) is 6.23. The second-order valence-electron chi connectivity index (χ2n) is 5.08. The van der Waals surface area contributed by atoms with Crippen molar-refractivity contribution in [2.45, 2.75) is 13.3 Å². The Morgan fingerprint density at radius 3 is 2.74 bits per heavy atom. The molecule has 2 heterocycles. The molecule has 23 heavy (non-hydrogen) atoms. The zero-order chi connectivity index (χ0) is 16.1. The first-order valence-electron chi connectivity index (χ1n) is 7.53. The van der Waals surface area contributed by atoms with Gasteiger partial charge < -0.3 is 0 Å². The Balaban J connectivity index is 1.93. The van der Waals surface area contributed by atoms with Crippen LogP contribution in [0.25, 0.3) is 6.08 Å². The number of nitrogens with zero attached hydrogens (tertiary/aromatic N) is 3. The molecule has 0 radical (unpaired) electrons. The van der Waals surface area contributed by atoms with Gasteiger partial charge >= 0.3 is 0 Å². The van der Waals surface area contributed by atoms with E-state index in [4.69, 9.17) is 0 Å². The predicted molar refractivity (Wildman–Crippen MR) is 95.3 cm³/mol. The van der Waals surface area contributed by atoms with Gasteiger partial charge in [0.05, 0.1) is 10.6 Å². The molecular formula is C18H17N3OS. The summed E-state index contributed by atoms with van der Waals surface area (Å²) in [5.74, 6) is 0.00961. The third kappa shape index (κ3) is 3.68. The van der Waals surface area contributed by atoms with E-state index in [0.717, 1.165) is 22.8 Å². The summed E-state index contributed by atoms with van der Waals surface area (Å²) in [4.78, 5) is 23.8. The van der Waals surface area contributed by atoms with Crippen LogP contribution >= 0.6 is 11.8 Å². The number of pyridine rings is 1. The number of aromatic nitrogens is 1. The summed E-state index contributed by atoms with van der Waals surface area (Å²) in [5, 5.41) is 0.734. The summed E-state index contributed by atoms with van der Waals surface area (Å²) >= 11 is 1.42. The average Bonchev–Trinajstić information content (AvgIpc) is 2.86. The third-order valence-electron chi connectivity index (χ3n) is 3.30. The highest BCUT2D eigenvalue weighted by molar-refractivity contribution is 8.18. The first-order valence-corrected chi connectivity index (χ1v) is 8.35. The molecule has 0 spiro atoms. The van der Waals surface area contributed by atoms with Gasteiger partial charge in [0.25, 0.3) is 5.91 Å². The molecule has 1 aromatic carbocycles. The third-order valence-corrected chi connectivity index (χ3v) is 4.31. The van der Waals surface area contributed by atoms with Crippen molar-refractivity contribution in [1.29, 1.82) is 0 Å². The summed E-state index contributed by atoms with van der Waals surface area (Å²) in [5.41, 5.74) is 1.77. The van der Waals surface area contributed by atoms with Crippen LogP contribution in [-0.4, -0.2) is 27.5 Å². The lowest BCUT2D eigenvalue weighted by molar-refractivity contribution is -0.122.